The van der Waals surface area contributed by atoms with E-state index in [0.29, 0.717) is 16.1 Å². The summed E-state index contributed by atoms with van der Waals surface area (Å²) >= 11 is 11.7. The Labute approximate surface area is 108 Å². The molecule has 0 bridgehead atoms. The molecule has 0 N–H and O–H groups in total. The van der Waals surface area contributed by atoms with Gasteiger partial charge in [0.25, 0.3) is 0 Å². The lowest BCUT2D eigenvalue weighted by atomic mass is 10.0. The number of hydrogen-bond acceptors (Lipinski definition) is 0. The minimum atomic E-state index is -0.633. The smallest absolute Gasteiger partial charge is 0.134 e. The van der Waals surface area contributed by atoms with E-state index in [2.05, 4.69) is 0 Å². The van der Waals surface area contributed by atoms with Crippen LogP contribution in [0, 0.1) is 18.6 Å². The summed E-state index contributed by atoms with van der Waals surface area (Å²) in [6.07, 6.45) is 0. The van der Waals surface area contributed by atoms with Crippen LogP contribution < -0.4 is 0 Å². The van der Waals surface area contributed by atoms with E-state index in [-0.39, 0.29) is 10.6 Å². The molecule has 0 aliphatic carbocycles. The first-order chi connectivity index (χ1) is 7.99. The maximum Gasteiger partial charge on any atom is 0.134 e. The molecule has 4 heteroatoms. The van der Waals surface area contributed by atoms with Gasteiger partial charge in [0.05, 0.1) is 10.6 Å². The van der Waals surface area contributed by atoms with Gasteiger partial charge in [0, 0.05) is 10.6 Å². The fourth-order valence-electron chi connectivity index (χ4n) is 1.65. The molecule has 0 nitrogen and oxygen atoms in total. The van der Waals surface area contributed by atoms with Gasteiger partial charge >= 0.3 is 0 Å². The predicted molar refractivity (Wildman–Crippen MR) is 66.6 cm³/mol. The van der Waals surface area contributed by atoms with Crippen molar-refractivity contribution < 1.29 is 8.78 Å². The highest BCUT2D eigenvalue weighted by molar-refractivity contribution is 6.36. The standard InChI is InChI=1S/C13H8Cl2F2/c1-7-4-11(16)13(12(17)5-7)9-3-2-8(14)6-10(9)15/h2-6H,1H3. The summed E-state index contributed by atoms with van der Waals surface area (Å²) in [6.45, 7) is 1.62. The van der Waals surface area contributed by atoms with Gasteiger partial charge < -0.3 is 0 Å². The second-order valence-electron chi connectivity index (χ2n) is 3.73. The molecule has 0 aromatic heterocycles. The van der Waals surface area contributed by atoms with Crippen LogP contribution in [0.4, 0.5) is 8.78 Å². The van der Waals surface area contributed by atoms with Crippen LogP contribution >= 0.6 is 23.2 Å². The number of benzene rings is 2. The van der Waals surface area contributed by atoms with Crippen molar-refractivity contribution in [3.63, 3.8) is 0 Å². The van der Waals surface area contributed by atoms with Crippen molar-refractivity contribution in [1.82, 2.24) is 0 Å². The van der Waals surface area contributed by atoms with E-state index in [1.807, 2.05) is 0 Å². The molecule has 0 heterocycles. The van der Waals surface area contributed by atoms with Crippen LogP contribution in [0.5, 0.6) is 0 Å². The van der Waals surface area contributed by atoms with Gasteiger partial charge in [-0.3, -0.25) is 0 Å². The van der Waals surface area contributed by atoms with Crippen molar-refractivity contribution >= 4 is 23.2 Å². The van der Waals surface area contributed by atoms with E-state index in [9.17, 15) is 8.78 Å². The zero-order valence-electron chi connectivity index (χ0n) is 8.90. The van der Waals surface area contributed by atoms with Gasteiger partial charge in [-0.15, -0.1) is 0 Å². The second kappa shape index (κ2) is 4.63. The number of rotatable bonds is 1. The fraction of sp³-hybridized carbons (Fsp3) is 0.0769. The Balaban J connectivity index is 2.68. The van der Waals surface area contributed by atoms with E-state index in [1.54, 1.807) is 13.0 Å². The lowest BCUT2D eigenvalue weighted by Crippen LogP contribution is -1.92. The first-order valence-electron chi connectivity index (χ1n) is 4.90. The molecule has 0 saturated heterocycles. The Bertz CT molecular complexity index is 557. The Kier molecular flexibility index (Phi) is 3.36. The van der Waals surface area contributed by atoms with Crippen LogP contribution in [0.2, 0.25) is 10.0 Å². The first kappa shape index (κ1) is 12.3. The summed E-state index contributed by atoms with van der Waals surface area (Å²) in [5.74, 6) is -1.27. The zero-order valence-corrected chi connectivity index (χ0v) is 10.4. The van der Waals surface area contributed by atoms with Crippen molar-refractivity contribution in [2.24, 2.45) is 0 Å². The van der Waals surface area contributed by atoms with Gasteiger partial charge in [-0.2, -0.15) is 0 Å². The largest absolute Gasteiger partial charge is 0.206 e. The fourth-order valence-corrected chi connectivity index (χ4v) is 2.15. The topological polar surface area (TPSA) is 0 Å². The molecule has 17 heavy (non-hydrogen) atoms. The van der Waals surface area contributed by atoms with E-state index in [4.69, 9.17) is 23.2 Å². The number of aryl methyl sites for hydroxylation is 1. The molecule has 0 aliphatic rings. The van der Waals surface area contributed by atoms with Crippen LogP contribution in [0.15, 0.2) is 30.3 Å². The van der Waals surface area contributed by atoms with E-state index in [0.717, 1.165) is 0 Å². The van der Waals surface area contributed by atoms with Crippen LogP contribution in [-0.2, 0) is 0 Å². The average Bonchev–Trinajstić information content (AvgIpc) is 2.19. The minimum Gasteiger partial charge on any atom is -0.206 e. The Morgan fingerprint density at radius 2 is 1.53 bits per heavy atom. The third kappa shape index (κ3) is 2.43. The zero-order chi connectivity index (χ0) is 12.6. The normalized spacial score (nSPS) is 10.6. The first-order valence-corrected chi connectivity index (χ1v) is 5.65. The summed E-state index contributed by atoms with van der Waals surface area (Å²) in [5, 5.41) is 0.644. The van der Waals surface area contributed by atoms with Crippen LogP contribution in [0.25, 0.3) is 11.1 Å². The van der Waals surface area contributed by atoms with E-state index in [1.165, 1.54) is 24.3 Å². The van der Waals surface area contributed by atoms with Crippen molar-refractivity contribution in [3.05, 3.63) is 57.6 Å². The van der Waals surface area contributed by atoms with Crippen LogP contribution in [0.1, 0.15) is 5.56 Å². The highest BCUT2D eigenvalue weighted by atomic mass is 35.5. The summed E-state index contributed by atoms with van der Waals surface area (Å²) in [5.41, 5.74) is 0.692. The van der Waals surface area contributed by atoms with Crippen LogP contribution in [-0.4, -0.2) is 0 Å². The molecule has 0 unspecified atom stereocenters. The summed E-state index contributed by atoms with van der Waals surface area (Å²) in [6, 6.07) is 7.03. The molecule has 0 aliphatic heterocycles. The number of halogens is 4. The summed E-state index contributed by atoms with van der Waals surface area (Å²) < 4.78 is 27.5. The molecule has 2 rings (SSSR count). The molecule has 88 valence electrons. The third-order valence-electron chi connectivity index (χ3n) is 2.39. The van der Waals surface area contributed by atoms with Crippen molar-refractivity contribution in [1.29, 1.82) is 0 Å². The average molecular weight is 273 g/mol. The summed E-state index contributed by atoms with van der Waals surface area (Å²) in [4.78, 5) is 0. The highest BCUT2D eigenvalue weighted by Gasteiger charge is 2.15. The predicted octanol–water partition coefficient (Wildman–Crippen LogP) is 5.25. The maximum atomic E-state index is 13.7. The van der Waals surface area contributed by atoms with Crippen molar-refractivity contribution in [2.75, 3.05) is 0 Å². The van der Waals surface area contributed by atoms with Crippen molar-refractivity contribution in [2.45, 2.75) is 6.92 Å². The minimum absolute atomic E-state index is 0.128. The molecule has 2 aromatic rings. The third-order valence-corrected chi connectivity index (χ3v) is 2.93. The Hall–Kier alpha value is -1.12. The molecule has 2 aromatic carbocycles. The van der Waals surface area contributed by atoms with Gasteiger partial charge in [0.2, 0.25) is 0 Å². The lowest BCUT2D eigenvalue weighted by molar-refractivity contribution is 0.588. The van der Waals surface area contributed by atoms with Gasteiger partial charge in [-0.1, -0.05) is 29.3 Å². The van der Waals surface area contributed by atoms with E-state index < -0.39 is 11.6 Å². The molecule has 0 fully saturated rings. The Morgan fingerprint density at radius 1 is 0.941 bits per heavy atom. The highest BCUT2D eigenvalue weighted by Crippen LogP contribution is 2.34. The van der Waals surface area contributed by atoms with Crippen LogP contribution in [0.3, 0.4) is 0 Å². The van der Waals surface area contributed by atoms with Gasteiger partial charge in [-0.05, 0) is 36.8 Å². The molecule has 0 atom stereocenters. The lowest BCUT2D eigenvalue weighted by Gasteiger charge is -2.08. The van der Waals surface area contributed by atoms with E-state index >= 15 is 0 Å². The maximum absolute atomic E-state index is 13.7. The Morgan fingerprint density at radius 3 is 2.06 bits per heavy atom. The van der Waals surface area contributed by atoms with Gasteiger partial charge in [-0.25, -0.2) is 8.78 Å². The number of hydrogen-bond donors (Lipinski definition) is 0. The molecule has 0 saturated carbocycles. The van der Waals surface area contributed by atoms with Gasteiger partial charge in [0.15, 0.2) is 0 Å². The quantitative estimate of drug-likeness (QED) is 0.665. The van der Waals surface area contributed by atoms with Gasteiger partial charge in [0.1, 0.15) is 11.6 Å². The molecule has 0 radical (unpaired) electrons. The SMILES string of the molecule is Cc1cc(F)c(-c2ccc(Cl)cc2Cl)c(F)c1. The molecule has 0 amide bonds. The second-order valence-corrected chi connectivity index (χ2v) is 4.57. The molecular formula is C13H8Cl2F2. The molecular weight excluding hydrogens is 265 g/mol. The van der Waals surface area contributed by atoms with Crippen molar-refractivity contribution in [3.8, 4) is 11.1 Å². The summed E-state index contributed by atoms with van der Waals surface area (Å²) in [7, 11) is 0. The molecule has 0 spiro atoms. The monoisotopic (exact) mass is 272 g/mol.